The Balaban J connectivity index is 1.87. The minimum atomic E-state index is 0.280. The van der Waals surface area contributed by atoms with Gasteiger partial charge in [0, 0.05) is 6.04 Å². The van der Waals surface area contributed by atoms with Gasteiger partial charge in [-0.1, -0.05) is 36.8 Å². The molecular formula is C15H19N. The van der Waals surface area contributed by atoms with Gasteiger partial charge < -0.3 is 5.73 Å². The van der Waals surface area contributed by atoms with Gasteiger partial charge in [-0.3, -0.25) is 0 Å². The number of nitrogens with two attached hydrogens (primary N) is 1. The number of benzene rings is 1. The van der Waals surface area contributed by atoms with Crippen LogP contribution in [0.5, 0.6) is 0 Å². The molecule has 1 aromatic carbocycles. The molecule has 84 valence electrons. The topological polar surface area (TPSA) is 26.0 Å². The van der Waals surface area contributed by atoms with Crippen molar-refractivity contribution in [3.63, 3.8) is 0 Å². The summed E-state index contributed by atoms with van der Waals surface area (Å²) in [6.45, 7) is 0. The van der Waals surface area contributed by atoms with Gasteiger partial charge in [-0.15, -0.1) is 0 Å². The molecule has 1 nitrogen and oxygen atoms in total. The van der Waals surface area contributed by atoms with Gasteiger partial charge in [0.15, 0.2) is 0 Å². The van der Waals surface area contributed by atoms with Crippen molar-refractivity contribution in [2.24, 2.45) is 5.73 Å². The number of hydrogen-bond acceptors (Lipinski definition) is 1. The molecule has 0 radical (unpaired) electrons. The highest BCUT2D eigenvalue weighted by Gasteiger charge is 2.20. The molecule has 0 heterocycles. The van der Waals surface area contributed by atoms with Crippen molar-refractivity contribution in [2.75, 3.05) is 0 Å². The van der Waals surface area contributed by atoms with Crippen LogP contribution in [0.15, 0.2) is 30.3 Å². The Morgan fingerprint density at radius 1 is 1.12 bits per heavy atom. The first-order valence-corrected chi connectivity index (χ1v) is 6.39. The highest BCUT2D eigenvalue weighted by molar-refractivity contribution is 5.68. The monoisotopic (exact) mass is 213 g/mol. The molecule has 1 atom stereocenters. The minimum absolute atomic E-state index is 0.280. The summed E-state index contributed by atoms with van der Waals surface area (Å²) < 4.78 is 0. The van der Waals surface area contributed by atoms with E-state index >= 15 is 0 Å². The van der Waals surface area contributed by atoms with Crippen LogP contribution in [0.4, 0.5) is 0 Å². The quantitative estimate of drug-likeness (QED) is 0.800. The van der Waals surface area contributed by atoms with E-state index in [4.69, 9.17) is 5.73 Å². The van der Waals surface area contributed by atoms with Crippen LogP contribution in [0.25, 0.3) is 5.57 Å². The molecule has 0 aliphatic heterocycles. The van der Waals surface area contributed by atoms with E-state index in [-0.39, 0.29) is 6.04 Å². The maximum absolute atomic E-state index is 5.92. The van der Waals surface area contributed by atoms with E-state index < -0.39 is 0 Å². The average Bonchev–Trinajstić information content (AvgIpc) is 2.63. The molecule has 16 heavy (non-hydrogen) atoms. The molecule has 1 fully saturated rings. The number of rotatable bonds is 2. The molecule has 2 aliphatic rings. The molecule has 1 saturated carbocycles. The third kappa shape index (κ3) is 1.80. The first-order valence-electron chi connectivity index (χ1n) is 6.39. The number of hydrogen-bond donors (Lipinski definition) is 1. The fourth-order valence-corrected chi connectivity index (χ4v) is 2.72. The Kier molecular flexibility index (Phi) is 2.56. The summed E-state index contributed by atoms with van der Waals surface area (Å²) in [6.07, 6.45) is 8.66. The van der Waals surface area contributed by atoms with E-state index in [0.717, 1.165) is 18.8 Å². The first-order chi connectivity index (χ1) is 7.83. The van der Waals surface area contributed by atoms with Crippen LogP contribution in [0, 0.1) is 0 Å². The van der Waals surface area contributed by atoms with Gasteiger partial charge in [0.05, 0.1) is 0 Å². The van der Waals surface area contributed by atoms with Crippen LogP contribution in [0.1, 0.15) is 49.1 Å². The Morgan fingerprint density at radius 2 is 2.00 bits per heavy atom. The second-order valence-corrected chi connectivity index (χ2v) is 5.15. The highest BCUT2D eigenvalue weighted by atomic mass is 14.6. The molecule has 0 aromatic heterocycles. The highest BCUT2D eigenvalue weighted by Crippen LogP contribution is 2.37. The normalized spacial score (nSPS) is 25.3. The predicted molar refractivity (Wildman–Crippen MR) is 68.2 cm³/mol. The van der Waals surface area contributed by atoms with Crippen molar-refractivity contribution in [1.29, 1.82) is 0 Å². The van der Waals surface area contributed by atoms with E-state index in [1.807, 2.05) is 0 Å². The Hall–Kier alpha value is -1.08. The van der Waals surface area contributed by atoms with E-state index in [0.29, 0.717) is 0 Å². The van der Waals surface area contributed by atoms with E-state index in [2.05, 4.69) is 30.3 Å². The molecule has 3 rings (SSSR count). The smallest absolute Gasteiger partial charge is 0.0232 e. The van der Waals surface area contributed by atoms with Crippen LogP contribution in [0.3, 0.4) is 0 Å². The molecule has 0 spiro atoms. The van der Waals surface area contributed by atoms with Crippen LogP contribution < -0.4 is 5.73 Å². The molecule has 1 unspecified atom stereocenters. The number of allylic oxidation sites excluding steroid dienone is 1. The largest absolute Gasteiger partial charge is 0.324 e. The summed E-state index contributed by atoms with van der Waals surface area (Å²) in [6, 6.07) is 9.37. The fraction of sp³-hybridized carbons (Fsp3) is 0.467. The van der Waals surface area contributed by atoms with Crippen molar-refractivity contribution < 1.29 is 0 Å². The summed E-state index contributed by atoms with van der Waals surface area (Å²) in [5.74, 6) is 0.829. The molecule has 0 bridgehead atoms. The zero-order valence-corrected chi connectivity index (χ0v) is 9.65. The predicted octanol–water partition coefficient (Wildman–Crippen LogP) is 3.46. The molecular weight excluding hydrogens is 194 g/mol. The van der Waals surface area contributed by atoms with Crippen LogP contribution in [-0.2, 0) is 0 Å². The lowest BCUT2D eigenvalue weighted by molar-refractivity contribution is 0.419. The second kappa shape index (κ2) is 4.06. The summed E-state index contributed by atoms with van der Waals surface area (Å²) in [5, 5.41) is 0. The second-order valence-electron chi connectivity index (χ2n) is 5.15. The van der Waals surface area contributed by atoms with Gasteiger partial charge in [0.2, 0.25) is 0 Å². The summed E-state index contributed by atoms with van der Waals surface area (Å²) >= 11 is 0. The average molecular weight is 213 g/mol. The van der Waals surface area contributed by atoms with Crippen LogP contribution >= 0.6 is 0 Å². The lowest BCUT2D eigenvalue weighted by atomic mass is 9.79. The van der Waals surface area contributed by atoms with Crippen molar-refractivity contribution in [1.82, 2.24) is 0 Å². The summed E-state index contributed by atoms with van der Waals surface area (Å²) in [4.78, 5) is 0. The SMILES string of the molecule is NC1C=C(c2cccc(C3CCC3)c2)CC1. The fourth-order valence-electron chi connectivity index (χ4n) is 2.72. The van der Waals surface area contributed by atoms with Crippen molar-refractivity contribution in [3.8, 4) is 0 Å². The van der Waals surface area contributed by atoms with Crippen LogP contribution in [-0.4, -0.2) is 6.04 Å². The Morgan fingerprint density at radius 3 is 2.62 bits per heavy atom. The minimum Gasteiger partial charge on any atom is -0.324 e. The van der Waals surface area contributed by atoms with Gasteiger partial charge in [0.1, 0.15) is 0 Å². The lowest BCUT2D eigenvalue weighted by Crippen LogP contribution is -2.11. The van der Waals surface area contributed by atoms with Crippen molar-refractivity contribution in [2.45, 2.75) is 44.1 Å². The van der Waals surface area contributed by atoms with Crippen molar-refractivity contribution >= 4 is 5.57 Å². The van der Waals surface area contributed by atoms with Gasteiger partial charge in [0.25, 0.3) is 0 Å². The Bertz CT molecular complexity index is 415. The summed E-state index contributed by atoms with van der Waals surface area (Å²) in [7, 11) is 0. The first kappa shape index (κ1) is 10.1. The van der Waals surface area contributed by atoms with Gasteiger partial charge >= 0.3 is 0 Å². The maximum Gasteiger partial charge on any atom is 0.0232 e. The third-order valence-electron chi connectivity index (χ3n) is 4.00. The van der Waals surface area contributed by atoms with Crippen LogP contribution in [0.2, 0.25) is 0 Å². The molecule has 2 N–H and O–H groups in total. The molecule has 1 heteroatoms. The molecule has 1 aromatic rings. The molecule has 0 amide bonds. The third-order valence-corrected chi connectivity index (χ3v) is 4.00. The Labute approximate surface area is 97.4 Å². The summed E-state index contributed by atoms with van der Waals surface area (Å²) in [5.41, 5.74) is 10.3. The molecule has 2 aliphatic carbocycles. The standard InChI is InChI=1S/C15H19N/c16-15-8-7-14(10-15)13-6-2-5-12(9-13)11-3-1-4-11/h2,5-6,9-11,15H,1,3-4,7-8,16H2. The van der Waals surface area contributed by atoms with Gasteiger partial charge in [-0.25, -0.2) is 0 Å². The van der Waals surface area contributed by atoms with E-state index in [1.165, 1.54) is 36.0 Å². The zero-order valence-electron chi connectivity index (χ0n) is 9.65. The van der Waals surface area contributed by atoms with E-state index in [1.54, 1.807) is 0 Å². The van der Waals surface area contributed by atoms with Gasteiger partial charge in [-0.2, -0.15) is 0 Å². The lowest BCUT2D eigenvalue weighted by Gasteiger charge is -2.26. The zero-order chi connectivity index (χ0) is 11.0. The van der Waals surface area contributed by atoms with Gasteiger partial charge in [-0.05, 0) is 48.3 Å². The maximum atomic E-state index is 5.92. The molecule has 0 saturated heterocycles. The van der Waals surface area contributed by atoms with Crippen molar-refractivity contribution in [3.05, 3.63) is 41.5 Å². The van der Waals surface area contributed by atoms with E-state index in [9.17, 15) is 0 Å².